The Morgan fingerprint density at radius 2 is 1.63 bits per heavy atom. The maximum atomic E-state index is 11.8. The molecule has 1 saturated heterocycles. The van der Waals surface area contributed by atoms with Gasteiger partial charge in [0.15, 0.2) is 0 Å². The zero-order valence-electron chi connectivity index (χ0n) is 11.9. The molecule has 1 aliphatic carbocycles. The van der Waals surface area contributed by atoms with Crippen LogP contribution in [0.4, 0.5) is 0 Å². The van der Waals surface area contributed by atoms with Crippen molar-refractivity contribution in [2.75, 3.05) is 32.8 Å². The van der Waals surface area contributed by atoms with Crippen LogP contribution >= 0.6 is 0 Å². The Hall–Kier alpha value is -0.610. The largest absolute Gasteiger partial charge is 0.481 e. The zero-order valence-corrected chi connectivity index (χ0v) is 11.9. The van der Waals surface area contributed by atoms with E-state index in [2.05, 4.69) is 4.90 Å². The van der Waals surface area contributed by atoms with Crippen molar-refractivity contribution in [3.8, 4) is 0 Å². The third-order valence-electron chi connectivity index (χ3n) is 4.77. The minimum atomic E-state index is -0.567. The van der Waals surface area contributed by atoms with Gasteiger partial charge in [-0.1, -0.05) is 32.1 Å². The number of hydrogen-bond donors (Lipinski definition) is 1. The highest BCUT2D eigenvalue weighted by Gasteiger charge is 2.38. The lowest BCUT2D eigenvalue weighted by molar-refractivity contribution is -0.151. The Balaban J connectivity index is 1.90. The molecule has 0 bridgehead atoms. The molecule has 0 unspecified atom stereocenters. The van der Waals surface area contributed by atoms with Crippen LogP contribution in [0.15, 0.2) is 0 Å². The quantitative estimate of drug-likeness (QED) is 0.852. The Labute approximate surface area is 116 Å². The molecular formula is C15H27NO3. The molecule has 2 aliphatic rings. The number of hydrogen-bond acceptors (Lipinski definition) is 3. The summed E-state index contributed by atoms with van der Waals surface area (Å²) in [5, 5.41) is 9.69. The third kappa shape index (κ3) is 4.18. The van der Waals surface area contributed by atoms with E-state index in [0.29, 0.717) is 0 Å². The molecule has 0 atom stereocenters. The van der Waals surface area contributed by atoms with E-state index in [9.17, 15) is 9.90 Å². The molecule has 1 saturated carbocycles. The summed E-state index contributed by atoms with van der Waals surface area (Å²) >= 11 is 0. The molecule has 4 nitrogen and oxygen atoms in total. The first-order valence-electron chi connectivity index (χ1n) is 7.76. The van der Waals surface area contributed by atoms with Gasteiger partial charge in [0, 0.05) is 13.1 Å². The van der Waals surface area contributed by atoms with E-state index in [0.717, 1.165) is 65.0 Å². The number of rotatable bonds is 4. The Morgan fingerprint density at radius 1 is 1.05 bits per heavy atom. The zero-order chi connectivity index (χ0) is 13.6. The highest BCUT2D eigenvalue weighted by Crippen LogP contribution is 2.37. The minimum Gasteiger partial charge on any atom is -0.481 e. The van der Waals surface area contributed by atoms with E-state index in [4.69, 9.17) is 4.74 Å². The van der Waals surface area contributed by atoms with Gasteiger partial charge < -0.3 is 9.84 Å². The van der Waals surface area contributed by atoms with E-state index >= 15 is 0 Å². The molecule has 0 aromatic heterocycles. The summed E-state index contributed by atoms with van der Waals surface area (Å²) < 4.78 is 5.34. The molecule has 2 fully saturated rings. The van der Waals surface area contributed by atoms with Gasteiger partial charge in [-0.25, -0.2) is 0 Å². The van der Waals surface area contributed by atoms with E-state index < -0.39 is 11.4 Å². The molecule has 1 aliphatic heterocycles. The van der Waals surface area contributed by atoms with Crippen molar-refractivity contribution in [2.24, 2.45) is 5.41 Å². The highest BCUT2D eigenvalue weighted by atomic mass is 16.5. The van der Waals surface area contributed by atoms with Crippen molar-refractivity contribution in [3.63, 3.8) is 0 Å². The van der Waals surface area contributed by atoms with Gasteiger partial charge in [0.2, 0.25) is 0 Å². The first kappa shape index (κ1) is 14.8. The fourth-order valence-electron chi connectivity index (χ4n) is 3.35. The number of aliphatic carboxylic acids is 1. The summed E-state index contributed by atoms with van der Waals surface area (Å²) in [6.07, 6.45) is 8.38. The lowest BCUT2D eigenvalue weighted by Gasteiger charge is -2.34. The molecule has 4 heteroatoms. The molecule has 0 aromatic rings. The number of carboxylic acids is 1. The summed E-state index contributed by atoms with van der Waals surface area (Å²) in [5.74, 6) is -0.567. The fourth-order valence-corrected chi connectivity index (χ4v) is 3.35. The molecule has 0 spiro atoms. The van der Waals surface area contributed by atoms with E-state index in [-0.39, 0.29) is 0 Å². The number of nitrogens with zero attached hydrogens (tertiary/aromatic N) is 1. The first-order valence-corrected chi connectivity index (χ1v) is 7.76. The summed E-state index contributed by atoms with van der Waals surface area (Å²) in [6, 6.07) is 0. The average Bonchev–Trinajstić information content (AvgIpc) is 2.39. The van der Waals surface area contributed by atoms with Gasteiger partial charge in [-0.05, 0) is 25.8 Å². The smallest absolute Gasteiger partial charge is 0.309 e. The van der Waals surface area contributed by atoms with Crippen molar-refractivity contribution in [3.05, 3.63) is 0 Å². The first-order chi connectivity index (χ1) is 9.23. The number of carboxylic acid groups (broad SMARTS) is 1. The van der Waals surface area contributed by atoms with Crippen LogP contribution in [0, 0.1) is 5.41 Å². The molecular weight excluding hydrogens is 242 g/mol. The molecule has 0 amide bonds. The summed E-state index contributed by atoms with van der Waals surface area (Å²) in [5.41, 5.74) is -0.460. The van der Waals surface area contributed by atoms with Gasteiger partial charge in [-0.2, -0.15) is 0 Å². The van der Waals surface area contributed by atoms with Gasteiger partial charge in [-0.3, -0.25) is 9.69 Å². The number of morpholine rings is 1. The van der Waals surface area contributed by atoms with Crippen molar-refractivity contribution in [2.45, 2.75) is 51.4 Å². The van der Waals surface area contributed by atoms with Crippen molar-refractivity contribution < 1.29 is 14.6 Å². The van der Waals surface area contributed by atoms with Crippen LogP contribution in [0.5, 0.6) is 0 Å². The van der Waals surface area contributed by atoms with Crippen molar-refractivity contribution >= 4 is 5.97 Å². The predicted molar refractivity (Wildman–Crippen MR) is 74.3 cm³/mol. The van der Waals surface area contributed by atoms with E-state index in [1.165, 1.54) is 19.3 Å². The Morgan fingerprint density at radius 3 is 2.21 bits per heavy atom. The molecule has 19 heavy (non-hydrogen) atoms. The normalized spacial score (nSPS) is 25.5. The van der Waals surface area contributed by atoms with Gasteiger partial charge in [0.25, 0.3) is 0 Å². The number of ether oxygens (including phenoxy) is 1. The van der Waals surface area contributed by atoms with Gasteiger partial charge >= 0.3 is 5.97 Å². The topological polar surface area (TPSA) is 49.8 Å². The molecule has 1 N–H and O–H groups in total. The van der Waals surface area contributed by atoms with Crippen LogP contribution in [-0.2, 0) is 9.53 Å². The lowest BCUT2D eigenvalue weighted by atomic mass is 9.73. The van der Waals surface area contributed by atoms with Crippen molar-refractivity contribution in [1.29, 1.82) is 0 Å². The highest BCUT2D eigenvalue weighted by molar-refractivity contribution is 5.74. The van der Waals surface area contributed by atoms with Gasteiger partial charge in [0.05, 0.1) is 18.6 Å². The molecule has 2 rings (SSSR count). The Bertz CT molecular complexity index is 279. The summed E-state index contributed by atoms with van der Waals surface area (Å²) in [4.78, 5) is 14.1. The second-order valence-electron chi connectivity index (χ2n) is 6.06. The van der Waals surface area contributed by atoms with Gasteiger partial charge in [0.1, 0.15) is 0 Å². The fraction of sp³-hybridized carbons (Fsp3) is 0.933. The standard InChI is InChI=1S/C15H27NO3/c17-14(18)15(6-4-2-1-3-5-7-15)8-9-16-10-12-19-13-11-16/h1-13H2,(H,17,18). The number of carbonyl (C=O) groups is 1. The van der Waals surface area contributed by atoms with E-state index in [1.807, 2.05) is 0 Å². The molecule has 0 aromatic carbocycles. The van der Waals surface area contributed by atoms with Crippen LogP contribution in [0.25, 0.3) is 0 Å². The van der Waals surface area contributed by atoms with Crippen LogP contribution in [0.3, 0.4) is 0 Å². The van der Waals surface area contributed by atoms with Crippen LogP contribution in [0.2, 0.25) is 0 Å². The van der Waals surface area contributed by atoms with Gasteiger partial charge in [-0.15, -0.1) is 0 Å². The second kappa shape index (κ2) is 7.25. The maximum Gasteiger partial charge on any atom is 0.309 e. The van der Waals surface area contributed by atoms with Crippen LogP contribution in [0.1, 0.15) is 51.4 Å². The van der Waals surface area contributed by atoms with Crippen LogP contribution < -0.4 is 0 Å². The second-order valence-corrected chi connectivity index (χ2v) is 6.06. The molecule has 1 heterocycles. The summed E-state index contributed by atoms with van der Waals surface area (Å²) in [7, 11) is 0. The van der Waals surface area contributed by atoms with Crippen molar-refractivity contribution in [1.82, 2.24) is 4.90 Å². The van der Waals surface area contributed by atoms with E-state index in [1.54, 1.807) is 0 Å². The lowest BCUT2D eigenvalue weighted by Crippen LogP contribution is -2.41. The SMILES string of the molecule is O=C(O)C1(CCN2CCOCC2)CCCCCCC1. The monoisotopic (exact) mass is 269 g/mol. The molecule has 110 valence electrons. The summed E-state index contributed by atoms with van der Waals surface area (Å²) in [6.45, 7) is 4.40. The molecule has 0 radical (unpaired) electrons. The Kier molecular flexibility index (Phi) is 5.64. The maximum absolute atomic E-state index is 11.8. The average molecular weight is 269 g/mol. The third-order valence-corrected chi connectivity index (χ3v) is 4.77. The predicted octanol–water partition coefficient (Wildman–Crippen LogP) is 2.52. The minimum absolute atomic E-state index is 0.460. The van der Waals surface area contributed by atoms with Crippen LogP contribution in [-0.4, -0.2) is 48.8 Å².